The van der Waals surface area contributed by atoms with Gasteiger partial charge >= 0.3 is 0 Å². The summed E-state index contributed by atoms with van der Waals surface area (Å²) in [6.07, 6.45) is -4.21. The molecule has 7 atom stereocenters. The summed E-state index contributed by atoms with van der Waals surface area (Å²) in [6, 6.07) is 3.18. The van der Waals surface area contributed by atoms with Crippen LogP contribution in [0.15, 0.2) is 18.2 Å². The Labute approximate surface area is 226 Å². The quantitative estimate of drug-likeness (QED) is 0.475. The fraction of sp³-hybridized carbons (Fsp3) is 0.704. The van der Waals surface area contributed by atoms with Crippen molar-refractivity contribution in [3.05, 3.63) is 35.4 Å². The maximum Gasteiger partial charge on any atom is 0.240 e. The van der Waals surface area contributed by atoms with Crippen molar-refractivity contribution in [2.45, 2.75) is 81.9 Å². The maximum absolute atomic E-state index is 14.0. The number of carbonyl (C=O) groups excluding carboxylic acids is 2. The molecule has 0 radical (unpaired) electrons. The van der Waals surface area contributed by atoms with Crippen LogP contribution < -0.4 is 5.32 Å². The summed E-state index contributed by atoms with van der Waals surface area (Å²) in [5.74, 6) is -2.22. The van der Waals surface area contributed by atoms with Crippen molar-refractivity contribution >= 4 is 11.8 Å². The largest absolute Gasteiger partial charge is 0.388 e. The van der Waals surface area contributed by atoms with Gasteiger partial charge < -0.3 is 29.9 Å². The summed E-state index contributed by atoms with van der Waals surface area (Å²) in [4.78, 5) is 32.4. The van der Waals surface area contributed by atoms with Crippen LogP contribution in [0.5, 0.6) is 0 Å². The molecule has 1 aromatic rings. The van der Waals surface area contributed by atoms with E-state index in [1.165, 1.54) is 6.07 Å². The van der Waals surface area contributed by atoms with Gasteiger partial charge in [-0.15, -0.1) is 0 Å². The number of hydrogen-bond donors (Lipinski definition) is 3. The molecule has 2 amide bonds. The highest BCUT2D eigenvalue weighted by atomic mass is 19.2. The van der Waals surface area contributed by atoms with E-state index in [4.69, 9.17) is 9.47 Å². The molecule has 0 saturated carbocycles. The number of amides is 2. The van der Waals surface area contributed by atoms with E-state index in [1.807, 2.05) is 18.7 Å². The molecule has 216 valence electrons. The van der Waals surface area contributed by atoms with E-state index in [2.05, 4.69) is 10.2 Å². The minimum absolute atomic E-state index is 0.00208. The molecule has 4 fully saturated rings. The Morgan fingerprint density at radius 2 is 1.82 bits per heavy atom. The van der Waals surface area contributed by atoms with Gasteiger partial charge in [-0.3, -0.25) is 19.4 Å². The van der Waals surface area contributed by atoms with E-state index in [9.17, 15) is 28.6 Å². The summed E-state index contributed by atoms with van der Waals surface area (Å²) in [7, 11) is 0. The van der Waals surface area contributed by atoms with Crippen molar-refractivity contribution in [2.75, 3.05) is 39.3 Å². The van der Waals surface area contributed by atoms with Crippen LogP contribution in [0.1, 0.15) is 32.3 Å². The number of hydrogen-bond acceptors (Lipinski definition) is 8. The van der Waals surface area contributed by atoms with Crippen molar-refractivity contribution in [3.63, 3.8) is 0 Å². The predicted molar refractivity (Wildman–Crippen MR) is 135 cm³/mol. The van der Waals surface area contributed by atoms with Gasteiger partial charge in [0.2, 0.25) is 11.8 Å². The first-order valence-electron chi connectivity index (χ1n) is 13.7. The van der Waals surface area contributed by atoms with Gasteiger partial charge in [0.15, 0.2) is 11.6 Å². The molecule has 4 saturated heterocycles. The van der Waals surface area contributed by atoms with Crippen molar-refractivity contribution in [1.29, 1.82) is 0 Å². The number of fused-ring (bicyclic) bond motifs is 6. The van der Waals surface area contributed by atoms with Crippen molar-refractivity contribution < 1.29 is 38.1 Å². The van der Waals surface area contributed by atoms with Gasteiger partial charge in [-0.25, -0.2) is 8.78 Å². The average molecular weight is 553 g/mol. The van der Waals surface area contributed by atoms with E-state index < -0.39 is 36.1 Å². The van der Waals surface area contributed by atoms with Crippen LogP contribution >= 0.6 is 0 Å². The molecular weight excluding hydrogens is 514 g/mol. The van der Waals surface area contributed by atoms with Crippen LogP contribution in [-0.2, 0) is 25.6 Å². The highest BCUT2D eigenvalue weighted by Crippen LogP contribution is 2.28. The smallest absolute Gasteiger partial charge is 0.240 e. The number of morpholine rings is 1. The van der Waals surface area contributed by atoms with E-state index in [0.717, 1.165) is 12.1 Å². The number of nitrogens with zero attached hydrogens (tertiary/aromatic N) is 3. The first-order valence-corrected chi connectivity index (χ1v) is 13.7. The van der Waals surface area contributed by atoms with Crippen LogP contribution in [0.3, 0.4) is 0 Å². The molecule has 0 unspecified atom stereocenters. The highest BCUT2D eigenvalue weighted by molar-refractivity contribution is 5.83. The van der Waals surface area contributed by atoms with E-state index in [-0.39, 0.29) is 55.6 Å². The normalized spacial score (nSPS) is 35.1. The Morgan fingerprint density at radius 1 is 1.05 bits per heavy atom. The summed E-state index contributed by atoms with van der Waals surface area (Å²) < 4.78 is 39.5. The molecule has 3 N–H and O–H groups in total. The van der Waals surface area contributed by atoms with E-state index in [1.54, 1.807) is 4.90 Å². The van der Waals surface area contributed by atoms with Gasteiger partial charge in [0.05, 0.1) is 37.4 Å². The van der Waals surface area contributed by atoms with Crippen LogP contribution in [0, 0.1) is 11.6 Å². The van der Waals surface area contributed by atoms with Gasteiger partial charge in [0.25, 0.3) is 0 Å². The molecule has 4 aliphatic heterocycles. The third kappa shape index (κ3) is 6.26. The topological polar surface area (TPSA) is 115 Å². The third-order valence-corrected chi connectivity index (χ3v) is 8.24. The van der Waals surface area contributed by atoms with Gasteiger partial charge in [-0.2, -0.15) is 0 Å². The molecule has 0 spiro atoms. The third-order valence-electron chi connectivity index (χ3n) is 8.24. The lowest BCUT2D eigenvalue weighted by atomic mass is 10.0. The minimum atomic E-state index is -1.26. The average Bonchev–Trinajstić information content (AvgIpc) is 3.42. The number of ether oxygens (including phenoxy) is 2. The molecular formula is C27H38F2N4O6. The zero-order chi connectivity index (χ0) is 27.8. The first kappa shape index (κ1) is 28.3. The van der Waals surface area contributed by atoms with E-state index in [0.29, 0.717) is 44.8 Å². The molecule has 4 heterocycles. The number of aliphatic hydroxyl groups is 2. The zero-order valence-electron chi connectivity index (χ0n) is 22.3. The van der Waals surface area contributed by atoms with Crippen molar-refractivity contribution in [3.8, 4) is 0 Å². The fourth-order valence-electron chi connectivity index (χ4n) is 6.28. The molecule has 4 aliphatic rings. The van der Waals surface area contributed by atoms with Crippen LogP contribution in [0.25, 0.3) is 0 Å². The lowest BCUT2D eigenvalue weighted by Crippen LogP contribution is -2.55. The predicted octanol–water partition coefficient (Wildman–Crippen LogP) is -0.145. The summed E-state index contributed by atoms with van der Waals surface area (Å²) in [6.45, 7) is 6.42. The van der Waals surface area contributed by atoms with Gasteiger partial charge in [0, 0.05) is 51.4 Å². The van der Waals surface area contributed by atoms with Gasteiger partial charge in [-0.1, -0.05) is 6.07 Å². The summed E-state index contributed by atoms with van der Waals surface area (Å²) in [5, 5.41) is 24.4. The Bertz CT molecular complexity index is 1060. The molecule has 39 heavy (non-hydrogen) atoms. The first-order chi connectivity index (χ1) is 18.6. The zero-order valence-corrected chi connectivity index (χ0v) is 22.3. The van der Waals surface area contributed by atoms with Gasteiger partial charge in [-0.05, 0) is 38.0 Å². The number of halogens is 2. The lowest BCUT2D eigenvalue weighted by molar-refractivity contribution is -0.145. The molecule has 5 rings (SSSR count). The van der Waals surface area contributed by atoms with Crippen molar-refractivity contribution in [1.82, 2.24) is 20.0 Å². The van der Waals surface area contributed by atoms with E-state index >= 15 is 0 Å². The highest BCUT2D eigenvalue weighted by Gasteiger charge is 2.46. The Balaban J connectivity index is 1.42. The SMILES string of the molecule is CC(C)N1C[C@@H]2C[C@H]1C(=O)N1CCO[C@H](CN(Cc3ccc(F)c(F)c3)C[C@H]3O[C@@H](CC(=O)N2)[C@H](O)[C@@H]3O)C1. The Kier molecular flexibility index (Phi) is 8.51. The lowest BCUT2D eigenvalue weighted by Gasteiger charge is -2.39. The number of carbonyl (C=O) groups is 2. The number of benzene rings is 1. The molecule has 12 heteroatoms. The Morgan fingerprint density at radius 3 is 2.56 bits per heavy atom. The molecule has 10 nitrogen and oxygen atoms in total. The molecule has 0 aromatic heterocycles. The second kappa shape index (κ2) is 11.7. The minimum Gasteiger partial charge on any atom is -0.388 e. The second-order valence-corrected chi connectivity index (χ2v) is 11.4. The number of nitrogens with one attached hydrogen (secondary N) is 1. The number of aliphatic hydroxyl groups excluding tert-OH is 2. The summed E-state index contributed by atoms with van der Waals surface area (Å²) >= 11 is 0. The van der Waals surface area contributed by atoms with Crippen molar-refractivity contribution in [2.24, 2.45) is 0 Å². The van der Waals surface area contributed by atoms with Crippen LogP contribution in [0.4, 0.5) is 8.78 Å². The molecule has 6 bridgehead atoms. The molecule has 0 aliphatic carbocycles. The number of rotatable bonds is 3. The number of likely N-dealkylation sites (tertiary alicyclic amines) is 1. The van der Waals surface area contributed by atoms with Crippen LogP contribution in [-0.4, -0.2) is 125 Å². The van der Waals surface area contributed by atoms with Gasteiger partial charge in [0.1, 0.15) is 12.2 Å². The fourth-order valence-corrected chi connectivity index (χ4v) is 6.28. The Hall–Kier alpha value is -2.22. The maximum atomic E-state index is 14.0. The molecule has 1 aromatic carbocycles. The standard InChI is InChI=1S/C27H38F2N4O6/c1-15(2)33-11-17-8-21(33)27(37)32-5-6-38-18(13-32)12-31(10-16-3-4-19(28)20(29)7-16)14-23-26(36)25(35)22(39-23)9-24(34)30-17/h3-4,7,15,17-18,21-23,25-26,35-36H,5-6,8-14H2,1-2H3,(H,30,34)/t17-,18+,21-,22-,23+,25-,26+/m0/s1. The second-order valence-electron chi connectivity index (χ2n) is 11.4. The monoisotopic (exact) mass is 552 g/mol. The van der Waals surface area contributed by atoms with Crippen LogP contribution in [0.2, 0.25) is 0 Å². The summed E-state index contributed by atoms with van der Waals surface area (Å²) in [5.41, 5.74) is 0.514.